The summed E-state index contributed by atoms with van der Waals surface area (Å²) in [7, 11) is 0. The number of nitrogens with one attached hydrogen (secondary N) is 1. The summed E-state index contributed by atoms with van der Waals surface area (Å²) in [4.78, 5) is 0. The minimum Gasteiger partial charge on any atom is -0.381 e. The van der Waals surface area contributed by atoms with Crippen molar-refractivity contribution < 1.29 is 9.13 Å². The Hall–Kier alpha value is -1.13. The molecule has 3 N–H and O–H groups in total. The first kappa shape index (κ1) is 12.3. The Bertz CT molecular complexity index is 353. The van der Waals surface area contributed by atoms with E-state index in [9.17, 15) is 4.39 Å². The lowest BCUT2D eigenvalue weighted by Crippen LogP contribution is -2.40. The number of benzene rings is 1. The maximum absolute atomic E-state index is 13.1. The molecule has 0 saturated carbocycles. The summed E-state index contributed by atoms with van der Waals surface area (Å²) in [5.41, 5.74) is 6.56. The van der Waals surface area contributed by atoms with Gasteiger partial charge in [-0.15, -0.1) is 0 Å². The number of anilines is 1. The van der Waals surface area contributed by atoms with Crippen molar-refractivity contribution in [1.82, 2.24) is 0 Å². The van der Waals surface area contributed by atoms with Crippen molar-refractivity contribution >= 4 is 5.69 Å². The molecule has 0 amide bonds. The molecular weight excluding hydrogens is 219 g/mol. The van der Waals surface area contributed by atoms with Crippen LogP contribution in [0, 0.1) is 11.7 Å². The molecule has 1 aromatic rings. The molecule has 2 atom stereocenters. The summed E-state index contributed by atoms with van der Waals surface area (Å²) in [6.07, 6.45) is 2.19. The molecule has 4 heteroatoms. The van der Waals surface area contributed by atoms with Gasteiger partial charge in [0.25, 0.3) is 0 Å². The second-order valence-electron chi connectivity index (χ2n) is 4.47. The fraction of sp³-hybridized carbons (Fsp3) is 0.538. The highest BCUT2D eigenvalue weighted by atomic mass is 19.1. The molecule has 0 aromatic heterocycles. The maximum Gasteiger partial charge on any atom is 0.125 e. The molecule has 0 spiro atoms. The zero-order valence-corrected chi connectivity index (χ0v) is 9.86. The molecule has 1 aliphatic rings. The molecule has 94 valence electrons. The monoisotopic (exact) mass is 238 g/mol. The van der Waals surface area contributed by atoms with E-state index in [0.717, 1.165) is 31.7 Å². The fourth-order valence-corrected chi connectivity index (χ4v) is 2.24. The van der Waals surface area contributed by atoms with E-state index in [1.807, 2.05) is 6.07 Å². The third-order valence-corrected chi connectivity index (χ3v) is 3.20. The molecule has 3 nitrogen and oxygen atoms in total. The molecule has 1 aromatic carbocycles. The quantitative estimate of drug-likeness (QED) is 0.843. The van der Waals surface area contributed by atoms with Gasteiger partial charge in [0.15, 0.2) is 0 Å². The van der Waals surface area contributed by atoms with E-state index in [1.165, 1.54) is 12.1 Å². The van der Waals surface area contributed by atoms with Crippen LogP contribution in [0.5, 0.6) is 0 Å². The predicted molar refractivity (Wildman–Crippen MR) is 66.4 cm³/mol. The van der Waals surface area contributed by atoms with Gasteiger partial charge in [0.1, 0.15) is 5.82 Å². The summed E-state index contributed by atoms with van der Waals surface area (Å²) in [6.45, 7) is 2.11. The predicted octanol–water partition coefficient (Wildman–Crippen LogP) is 1.99. The van der Waals surface area contributed by atoms with Crippen LogP contribution in [0.3, 0.4) is 0 Å². The summed E-state index contributed by atoms with van der Waals surface area (Å²) < 4.78 is 18.5. The van der Waals surface area contributed by atoms with Crippen LogP contribution in [0.2, 0.25) is 0 Å². The van der Waals surface area contributed by atoms with Gasteiger partial charge in [-0.3, -0.25) is 0 Å². The number of ether oxygens (including phenoxy) is 1. The topological polar surface area (TPSA) is 47.3 Å². The molecule has 2 rings (SSSR count). The van der Waals surface area contributed by atoms with Crippen LogP contribution in [0.1, 0.15) is 12.8 Å². The van der Waals surface area contributed by atoms with Gasteiger partial charge in [0, 0.05) is 30.8 Å². The van der Waals surface area contributed by atoms with E-state index in [4.69, 9.17) is 10.5 Å². The summed E-state index contributed by atoms with van der Waals surface area (Å²) in [5.74, 6) is 0.183. The Kier molecular flexibility index (Phi) is 4.34. The van der Waals surface area contributed by atoms with Gasteiger partial charge >= 0.3 is 0 Å². The van der Waals surface area contributed by atoms with Gasteiger partial charge in [-0.25, -0.2) is 4.39 Å². The number of rotatable bonds is 4. The van der Waals surface area contributed by atoms with Crippen molar-refractivity contribution in [3.05, 3.63) is 30.1 Å². The van der Waals surface area contributed by atoms with E-state index in [-0.39, 0.29) is 11.9 Å². The second kappa shape index (κ2) is 5.98. The maximum atomic E-state index is 13.1. The third-order valence-electron chi connectivity index (χ3n) is 3.20. The summed E-state index contributed by atoms with van der Waals surface area (Å²) in [5, 5.41) is 3.29. The minimum atomic E-state index is -0.231. The molecule has 0 bridgehead atoms. The Morgan fingerprint density at radius 2 is 2.41 bits per heavy atom. The number of hydrogen-bond acceptors (Lipinski definition) is 3. The highest BCUT2D eigenvalue weighted by molar-refractivity contribution is 5.44. The molecule has 1 fully saturated rings. The molecule has 1 aliphatic heterocycles. The lowest BCUT2D eigenvalue weighted by Gasteiger charge is -2.30. The van der Waals surface area contributed by atoms with E-state index in [0.29, 0.717) is 12.5 Å². The Morgan fingerprint density at radius 1 is 1.53 bits per heavy atom. The zero-order valence-electron chi connectivity index (χ0n) is 9.86. The molecular formula is C13H19FN2O. The average Bonchev–Trinajstić information content (AvgIpc) is 2.37. The smallest absolute Gasteiger partial charge is 0.125 e. The lowest BCUT2D eigenvalue weighted by molar-refractivity contribution is 0.0485. The van der Waals surface area contributed by atoms with Gasteiger partial charge in [0.2, 0.25) is 0 Å². The highest BCUT2D eigenvalue weighted by Gasteiger charge is 2.23. The molecule has 0 radical (unpaired) electrons. The molecule has 17 heavy (non-hydrogen) atoms. The van der Waals surface area contributed by atoms with E-state index in [2.05, 4.69) is 5.32 Å². The third kappa shape index (κ3) is 3.41. The van der Waals surface area contributed by atoms with Crippen LogP contribution in [0.15, 0.2) is 24.3 Å². The number of halogens is 1. The van der Waals surface area contributed by atoms with Crippen molar-refractivity contribution in [2.24, 2.45) is 11.7 Å². The first-order valence-corrected chi connectivity index (χ1v) is 6.09. The van der Waals surface area contributed by atoms with Crippen LogP contribution >= 0.6 is 0 Å². The van der Waals surface area contributed by atoms with Gasteiger partial charge in [0.05, 0.1) is 6.61 Å². The number of hydrogen-bond donors (Lipinski definition) is 2. The summed E-state index contributed by atoms with van der Waals surface area (Å²) in [6, 6.07) is 6.63. The first-order chi connectivity index (χ1) is 8.29. The van der Waals surface area contributed by atoms with E-state index < -0.39 is 0 Å². The van der Waals surface area contributed by atoms with Gasteiger partial charge < -0.3 is 15.8 Å². The highest BCUT2D eigenvalue weighted by Crippen LogP contribution is 2.20. The second-order valence-corrected chi connectivity index (χ2v) is 4.47. The SMILES string of the molecule is NCC(Nc1cccc(F)c1)C1CCCOC1. The van der Waals surface area contributed by atoms with Crippen LogP contribution < -0.4 is 11.1 Å². The van der Waals surface area contributed by atoms with Gasteiger partial charge in [-0.2, -0.15) is 0 Å². The van der Waals surface area contributed by atoms with Crippen LogP contribution in [-0.2, 0) is 4.74 Å². The van der Waals surface area contributed by atoms with E-state index >= 15 is 0 Å². The standard InChI is InChI=1S/C13H19FN2O/c14-11-4-1-5-12(7-11)16-13(8-15)10-3-2-6-17-9-10/h1,4-5,7,10,13,16H,2-3,6,8-9,15H2. The fourth-order valence-electron chi connectivity index (χ4n) is 2.24. The zero-order chi connectivity index (χ0) is 12.1. The van der Waals surface area contributed by atoms with Crippen molar-refractivity contribution in [3.63, 3.8) is 0 Å². The van der Waals surface area contributed by atoms with Crippen molar-refractivity contribution in [2.75, 3.05) is 25.1 Å². The average molecular weight is 238 g/mol. The lowest BCUT2D eigenvalue weighted by atomic mass is 9.93. The first-order valence-electron chi connectivity index (χ1n) is 6.09. The van der Waals surface area contributed by atoms with Crippen LogP contribution in [0.25, 0.3) is 0 Å². The van der Waals surface area contributed by atoms with Crippen molar-refractivity contribution in [1.29, 1.82) is 0 Å². The number of nitrogens with two attached hydrogens (primary N) is 1. The van der Waals surface area contributed by atoms with Gasteiger partial charge in [-0.1, -0.05) is 6.07 Å². The molecule has 1 heterocycles. The van der Waals surface area contributed by atoms with Crippen LogP contribution in [0.4, 0.5) is 10.1 Å². The van der Waals surface area contributed by atoms with E-state index in [1.54, 1.807) is 6.07 Å². The molecule has 1 saturated heterocycles. The van der Waals surface area contributed by atoms with Gasteiger partial charge in [-0.05, 0) is 31.0 Å². The molecule has 2 unspecified atom stereocenters. The van der Waals surface area contributed by atoms with Crippen LogP contribution in [-0.4, -0.2) is 25.8 Å². The Labute approximate surface area is 101 Å². The molecule has 0 aliphatic carbocycles. The van der Waals surface area contributed by atoms with Crippen molar-refractivity contribution in [2.45, 2.75) is 18.9 Å². The Balaban J connectivity index is 1.98. The largest absolute Gasteiger partial charge is 0.381 e. The normalized spacial score (nSPS) is 22.1. The minimum absolute atomic E-state index is 0.150. The van der Waals surface area contributed by atoms with Crippen molar-refractivity contribution in [3.8, 4) is 0 Å². The summed E-state index contributed by atoms with van der Waals surface area (Å²) >= 11 is 0. The Morgan fingerprint density at radius 3 is 3.06 bits per heavy atom.